The number of hydrogen-bond acceptors (Lipinski definition) is 8. The van der Waals surface area contributed by atoms with Gasteiger partial charge in [-0.25, -0.2) is 0 Å². The molecule has 186 valence electrons. The topological polar surface area (TPSA) is 111 Å². The lowest BCUT2D eigenvalue weighted by atomic mass is 9.95. The van der Waals surface area contributed by atoms with Crippen molar-refractivity contribution < 1.29 is 36.9 Å². The summed E-state index contributed by atoms with van der Waals surface area (Å²) >= 11 is 0. The molecule has 36 heavy (non-hydrogen) atoms. The minimum atomic E-state index is -4.79. The summed E-state index contributed by atoms with van der Waals surface area (Å²) in [5, 5.41) is 17.8. The number of aliphatic hydroxyl groups excluding tert-OH is 1. The summed E-state index contributed by atoms with van der Waals surface area (Å²) in [6.45, 7) is 1.12. The van der Waals surface area contributed by atoms with Gasteiger partial charge < -0.3 is 18.9 Å². The Morgan fingerprint density at radius 1 is 1.03 bits per heavy atom. The highest BCUT2D eigenvalue weighted by molar-refractivity contribution is 5.84. The van der Waals surface area contributed by atoms with Crippen LogP contribution in [0.25, 0.3) is 34.3 Å². The Balaban J connectivity index is 1.38. The van der Waals surface area contributed by atoms with E-state index >= 15 is 0 Å². The maximum Gasteiger partial charge on any atom is 0.422 e. The van der Waals surface area contributed by atoms with Crippen molar-refractivity contribution in [1.82, 2.24) is 15.3 Å². The number of nitrogens with zero attached hydrogens (tertiary/aromatic N) is 3. The second-order valence-electron chi connectivity index (χ2n) is 8.45. The molecule has 1 saturated heterocycles. The summed E-state index contributed by atoms with van der Waals surface area (Å²) in [5.74, 6) is -1.37. The lowest BCUT2D eigenvalue weighted by Gasteiger charge is -2.12. The molecule has 0 saturated carbocycles. The molecule has 1 aliphatic heterocycles. The van der Waals surface area contributed by atoms with Crippen molar-refractivity contribution in [3.05, 3.63) is 65.7 Å². The second kappa shape index (κ2) is 9.67. The van der Waals surface area contributed by atoms with Crippen LogP contribution >= 0.6 is 0 Å². The predicted molar refractivity (Wildman–Crippen MR) is 119 cm³/mol. The number of aliphatic hydroxyl groups is 1. The number of benzene rings is 2. The molecule has 1 aliphatic rings. The first-order valence-electron chi connectivity index (χ1n) is 11.2. The van der Waals surface area contributed by atoms with Gasteiger partial charge in [0.15, 0.2) is 5.78 Å². The van der Waals surface area contributed by atoms with Crippen molar-refractivity contribution in [2.75, 3.05) is 13.2 Å². The van der Waals surface area contributed by atoms with E-state index in [4.69, 9.17) is 13.8 Å². The highest BCUT2D eigenvalue weighted by atomic mass is 19.4. The van der Waals surface area contributed by atoms with Crippen LogP contribution in [-0.4, -0.2) is 39.4 Å². The molecule has 1 unspecified atom stereocenters. The van der Waals surface area contributed by atoms with Crippen LogP contribution in [0.5, 0.6) is 0 Å². The summed E-state index contributed by atoms with van der Waals surface area (Å²) in [6.07, 6.45) is -5.07. The highest BCUT2D eigenvalue weighted by Crippen LogP contribution is 2.43. The minimum Gasteiger partial charge on any atom is -0.381 e. The van der Waals surface area contributed by atoms with Crippen molar-refractivity contribution in [2.24, 2.45) is 5.92 Å². The number of carbonyl (C=O) groups excluding carboxylic acids is 1. The minimum absolute atomic E-state index is 0.00579. The quantitative estimate of drug-likeness (QED) is 0.374. The average Bonchev–Trinajstić information content (AvgIpc) is 3.64. The Hall–Kier alpha value is -3.83. The molecule has 3 heterocycles. The number of carbonyl (C=O) groups is 1. The summed E-state index contributed by atoms with van der Waals surface area (Å²) < 4.78 is 57.1. The van der Waals surface area contributed by atoms with E-state index in [9.17, 15) is 23.1 Å². The molecule has 0 radical (unpaired) electrons. The van der Waals surface area contributed by atoms with Crippen LogP contribution in [0.4, 0.5) is 13.2 Å². The lowest BCUT2D eigenvalue weighted by molar-refractivity contribution is -0.137. The Kier molecular flexibility index (Phi) is 6.42. The van der Waals surface area contributed by atoms with E-state index in [0.29, 0.717) is 24.3 Å². The molecule has 11 heteroatoms. The molecule has 4 aromatic rings. The van der Waals surface area contributed by atoms with Gasteiger partial charge >= 0.3 is 6.18 Å². The van der Waals surface area contributed by atoms with Crippen LogP contribution in [0.1, 0.15) is 30.1 Å². The zero-order chi connectivity index (χ0) is 25.3. The number of alkyl halides is 3. The van der Waals surface area contributed by atoms with Gasteiger partial charge in [-0.3, -0.25) is 4.79 Å². The van der Waals surface area contributed by atoms with E-state index in [1.165, 1.54) is 24.3 Å². The summed E-state index contributed by atoms with van der Waals surface area (Å²) in [6, 6.07) is 14.0. The van der Waals surface area contributed by atoms with Gasteiger partial charge in [-0.2, -0.15) is 18.2 Å². The summed E-state index contributed by atoms with van der Waals surface area (Å²) in [4.78, 5) is 16.4. The smallest absolute Gasteiger partial charge is 0.381 e. The largest absolute Gasteiger partial charge is 0.422 e. The first-order valence-corrected chi connectivity index (χ1v) is 11.2. The zero-order valence-electron chi connectivity index (χ0n) is 18.7. The average molecular weight is 499 g/mol. The van der Waals surface area contributed by atoms with Crippen molar-refractivity contribution in [3.63, 3.8) is 0 Å². The van der Waals surface area contributed by atoms with Gasteiger partial charge in [0, 0.05) is 30.8 Å². The zero-order valence-corrected chi connectivity index (χ0v) is 18.7. The van der Waals surface area contributed by atoms with Gasteiger partial charge in [0.1, 0.15) is 17.4 Å². The van der Waals surface area contributed by atoms with Crippen LogP contribution in [-0.2, 0) is 15.7 Å². The number of ether oxygens (including phenoxy) is 1. The third-order valence-electron chi connectivity index (χ3n) is 5.95. The molecule has 2 atom stereocenters. The second-order valence-corrected chi connectivity index (χ2v) is 8.45. The molecule has 1 fully saturated rings. The van der Waals surface area contributed by atoms with Gasteiger partial charge in [0.05, 0.1) is 0 Å². The van der Waals surface area contributed by atoms with Crippen LogP contribution in [0.2, 0.25) is 0 Å². The molecule has 8 nitrogen and oxygen atoms in total. The molecular weight excluding hydrogens is 479 g/mol. The van der Waals surface area contributed by atoms with Gasteiger partial charge in [0.25, 0.3) is 5.89 Å². The van der Waals surface area contributed by atoms with Gasteiger partial charge in [-0.1, -0.05) is 64.9 Å². The fourth-order valence-corrected chi connectivity index (χ4v) is 4.07. The fraction of sp³-hybridized carbons (Fsp3) is 0.280. The number of rotatable bonds is 7. The number of ketones is 1. The van der Waals surface area contributed by atoms with E-state index in [-0.39, 0.29) is 35.2 Å². The Bertz CT molecular complexity index is 1340. The molecule has 2 aromatic carbocycles. The Morgan fingerprint density at radius 2 is 1.78 bits per heavy atom. The standard InChI is InChI=1S/C25H20F3N3O5/c26-25(27,28)19-20(15-4-2-1-3-5-15)30-35-22(19)24-29-23(31-36-24)17-8-6-16(7-9-17)21(33)18(32)12-14-10-11-34-13-14/h1-9,14,21,33H,10-13H2/t14-,21?/m0/s1. The maximum absolute atomic E-state index is 13.9. The van der Waals surface area contributed by atoms with E-state index < -0.39 is 29.5 Å². The van der Waals surface area contributed by atoms with E-state index in [0.717, 1.165) is 6.42 Å². The highest BCUT2D eigenvalue weighted by Gasteiger charge is 2.43. The first kappa shape index (κ1) is 23.9. The molecule has 5 rings (SSSR count). The molecule has 0 bridgehead atoms. The van der Waals surface area contributed by atoms with E-state index in [2.05, 4.69) is 15.3 Å². The lowest BCUT2D eigenvalue weighted by Crippen LogP contribution is -2.16. The molecule has 0 aliphatic carbocycles. The SMILES string of the molecule is O=C(C[C@@H]1CCOC1)C(O)c1ccc(-c2noc(-c3onc(-c4ccccc4)c3C(F)(F)F)n2)cc1. The van der Waals surface area contributed by atoms with Gasteiger partial charge in [-0.05, 0) is 17.9 Å². The van der Waals surface area contributed by atoms with Crippen LogP contribution in [0.15, 0.2) is 63.6 Å². The molecular formula is C25H20F3N3O5. The fourth-order valence-electron chi connectivity index (χ4n) is 4.07. The van der Waals surface area contributed by atoms with E-state index in [1.807, 2.05) is 0 Å². The molecule has 1 N–H and O–H groups in total. The van der Waals surface area contributed by atoms with Crippen LogP contribution < -0.4 is 0 Å². The Labute approximate surface area is 202 Å². The number of halogens is 3. The van der Waals surface area contributed by atoms with Crippen LogP contribution in [0, 0.1) is 5.92 Å². The van der Waals surface area contributed by atoms with Crippen molar-refractivity contribution in [2.45, 2.75) is 25.1 Å². The number of aromatic nitrogens is 3. The van der Waals surface area contributed by atoms with Gasteiger partial charge in [0.2, 0.25) is 11.6 Å². The third kappa shape index (κ3) is 4.79. The first-order chi connectivity index (χ1) is 17.3. The molecule has 2 aromatic heterocycles. The van der Waals surface area contributed by atoms with Gasteiger partial charge in [-0.15, -0.1) is 0 Å². The summed E-state index contributed by atoms with van der Waals surface area (Å²) in [5.41, 5.74) is -0.482. The van der Waals surface area contributed by atoms with E-state index in [1.54, 1.807) is 30.3 Å². The van der Waals surface area contributed by atoms with Crippen molar-refractivity contribution in [1.29, 1.82) is 0 Å². The predicted octanol–water partition coefficient (Wildman–Crippen LogP) is 5.11. The normalized spacial score (nSPS) is 16.8. The molecule has 0 amide bonds. The van der Waals surface area contributed by atoms with Crippen molar-refractivity contribution >= 4 is 5.78 Å². The van der Waals surface area contributed by atoms with Crippen molar-refractivity contribution in [3.8, 4) is 34.3 Å². The molecule has 0 spiro atoms. The number of hydrogen-bond donors (Lipinski definition) is 1. The summed E-state index contributed by atoms with van der Waals surface area (Å²) in [7, 11) is 0. The number of Topliss-reactive ketones (excluding diaryl/α,β-unsaturated/α-hetero) is 1. The maximum atomic E-state index is 13.9. The monoisotopic (exact) mass is 499 g/mol. The Morgan fingerprint density at radius 3 is 2.44 bits per heavy atom. The third-order valence-corrected chi connectivity index (χ3v) is 5.95. The van der Waals surface area contributed by atoms with Crippen LogP contribution in [0.3, 0.4) is 0 Å².